The first-order chi connectivity index (χ1) is 14.2. The molecule has 1 aliphatic heterocycles. The normalized spacial score (nSPS) is 14.9. The summed E-state index contributed by atoms with van der Waals surface area (Å²) in [6.45, 7) is 4.60. The highest BCUT2D eigenvalue weighted by atomic mass is 32.2. The van der Waals surface area contributed by atoms with Gasteiger partial charge in [-0.3, -0.25) is 14.6 Å². The van der Waals surface area contributed by atoms with Gasteiger partial charge in [0.25, 0.3) is 0 Å². The van der Waals surface area contributed by atoms with Crippen LogP contribution in [0, 0.1) is 5.82 Å². The Morgan fingerprint density at radius 3 is 2.69 bits per heavy atom. The number of carbonyl (C=O) groups is 1. The highest BCUT2D eigenvalue weighted by molar-refractivity contribution is 8.00. The number of halogens is 1. The predicted molar refractivity (Wildman–Crippen MR) is 116 cm³/mol. The molecule has 0 radical (unpaired) electrons. The fourth-order valence-electron chi connectivity index (χ4n) is 3.12. The Labute approximate surface area is 177 Å². The highest BCUT2D eigenvalue weighted by Gasteiger charge is 2.21. The number of rotatable bonds is 7. The molecular weight excluding hydrogens is 409 g/mol. The van der Waals surface area contributed by atoms with Gasteiger partial charge in [0, 0.05) is 31.1 Å². The third kappa shape index (κ3) is 5.33. The first-order valence-corrected chi connectivity index (χ1v) is 11.3. The standard InChI is InChI=1S/C21H22FN3O2S2/c22-16-5-7-17(8-6-16)28-15-20(26)25(10-9-24-11-13-27-14-12-24)21-23-18-3-1-2-4-19(18)29-21/h1-8H,9-15H2. The van der Waals surface area contributed by atoms with Gasteiger partial charge in [0.15, 0.2) is 5.13 Å². The Balaban J connectivity index is 1.48. The second kappa shape index (κ2) is 9.67. The number of hydrogen-bond donors (Lipinski definition) is 0. The summed E-state index contributed by atoms with van der Waals surface area (Å²) in [5.74, 6) is 0.0129. The van der Waals surface area contributed by atoms with Crippen LogP contribution in [0.3, 0.4) is 0 Å². The molecule has 0 unspecified atom stereocenters. The van der Waals surface area contributed by atoms with Crippen molar-refractivity contribution in [3.8, 4) is 0 Å². The molecule has 1 saturated heterocycles. The van der Waals surface area contributed by atoms with Gasteiger partial charge in [-0.25, -0.2) is 9.37 Å². The predicted octanol–water partition coefficient (Wildman–Crippen LogP) is 3.89. The highest BCUT2D eigenvalue weighted by Crippen LogP contribution is 2.29. The number of carbonyl (C=O) groups excluding carboxylic acids is 1. The Bertz CT molecular complexity index is 925. The number of thioether (sulfide) groups is 1. The van der Waals surface area contributed by atoms with E-state index < -0.39 is 0 Å². The van der Waals surface area contributed by atoms with E-state index in [-0.39, 0.29) is 17.5 Å². The molecule has 2 heterocycles. The van der Waals surface area contributed by atoms with Crippen molar-refractivity contribution < 1.29 is 13.9 Å². The van der Waals surface area contributed by atoms with E-state index in [1.165, 1.54) is 35.2 Å². The van der Waals surface area contributed by atoms with Crippen LogP contribution in [0.5, 0.6) is 0 Å². The van der Waals surface area contributed by atoms with Crippen molar-refractivity contribution >= 4 is 44.4 Å². The van der Waals surface area contributed by atoms with Gasteiger partial charge in [0.1, 0.15) is 5.82 Å². The Morgan fingerprint density at radius 1 is 1.17 bits per heavy atom. The van der Waals surface area contributed by atoms with Crippen LogP contribution < -0.4 is 4.90 Å². The smallest absolute Gasteiger partial charge is 0.239 e. The van der Waals surface area contributed by atoms with Gasteiger partial charge in [-0.15, -0.1) is 11.8 Å². The molecule has 3 aromatic rings. The summed E-state index contributed by atoms with van der Waals surface area (Å²) < 4.78 is 19.6. The third-order valence-corrected chi connectivity index (χ3v) is 6.79. The molecule has 0 N–H and O–H groups in total. The van der Waals surface area contributed by atoms with Crippen LogP contribution in [0.4, 0.5) is 9.52 Å². The number of anilines is 1. The molecule has 2 aromatic carbocycles. The van der Waals surface area contributed by atoms with Gasteiger partial charge in [-0.1, -0.05) is 23.5 Å². The van der Waals surface area contributed by atoms with E-state index in [1.807, 2.05) is 24.3 Å². The summed E-state index contributed by atoms with van der Waals surface area (Å²) in [5.41, 5.74) is 0.905. The molecular formula is C21H22FN3O2S2. The lowest BCUT2D eigenvalue weighted by Gasteiger charge is -2.29. The summed E-state index contributed by atoms with van der Waals surface area (Å²) in [4.78, 5) is 22.7. The molecule has 0 aliphatic carbocycles. The van der Waals surface area contributed by atoms with Crippen LogP contribution in [0.15, 0.2) is 53.4 Å². The van der Waals surface area contributed by atoms with E-state index >= 15 is 0 Å². The Hall–Kier alpha value is -2.00. The average molecular weight is 432 g/mol. The molecule has 4 rings (SSSR count). The molecule has 0 saturated carbocycles. The largest absolute Gasteiger partial charge is 0.379 e. The minimum atomic E-state index is -0.276. The lowest BCUT2D eigenvalue weighted by molar-refractivity contribution is -0.116. The number of para-hydroxylation sites is 1. The van der Waals surface area contributed by atoms with E-state index in [4.69, 9.17) is 4.74 Å². The Kier molecular flexibility index (Phi) is 6.76. The van der Waals surface area contributed by atoms with Crippen molar-refractivity contribution in [3.05, 3.63) is 54.3 Å². The lowest BCUT2D eigenvalue weighted by atomic mass is 10.3. The summed E-state index contributed by atoms with van der Waals surface area (Å²) in [5, 5.41) is 0.726. The Morgan fingerprint density at radius 2 is 1.93 bits per heavy atom. The number of benzene rings is 2. The molecule has 1 aromatic heterocycles. The van der Waals surface area contributed by atoms with Crippen LogP contribution in [0.1, 0.15) is 0 Å². The van der Waals surface area contributed by atoms with Crippen LogP contribution >= 0.6 is 23.1 Å². The number of thiazole rings is 1. The molecule has 8 heteroatoms. The maximum Gasteiger partial charge on any atom is 0.239 e. The van der Waals surface area contributed by atoms with E-state index in [2.05, 4.69) is 9.88 Å². The molecule has 0 atom stereocenters. The number of nitrogens with zero attached hydrogens (tertiary/aromatic N) is 3. The molecule has 0 bridgehead atoms. The number of amides is 1. The van der Waals surface area contributed by atoms with Crippen molar-refractivity contribution in [3.63, 3.8) is 0 Å². The summed E-state index contributed by atoms with van der Waals surface area (Å²) >= 11 is 2.95. The van der Waals surface area contributed by atoms with Crippen LogP contribution in [0.25, 0.3) is 10.2 Å². The van der Waals surface area contributed by atoms with Gasteiger partial charge in [0.2, 0.25) is 5.91 Å². The SMILES string of the molecule is O=C(CSc1ccc(F)cc1)N(CCN1CCOCC1)c1nc2ccccc2s1. The first kappa shape index (κ1) is 20.3. The molecule has 1 fully saturated rings. The van der Waals surface area contributed by atoms with Crippen molar-refractivity contribution in [1.29, 1.82) is 0 Å². The van der Waals surface area contributed by atoms with Gasteiger partial charge < -0.3 is 4.74 Å². The zero-order valence-corrected chi connectivity index (χ0v) is 17.6. The molecule has 152 valence electrons. The van der Waals surface area contributed by atoms with Crippen molar-refractivity contribution in [1.82, 2.24) is 9.88 Å². The number of aromatic nitrogens is 1. The quantitative estimate of drug-likeness (QED) is 0.531. The zero-order chi connectivity index (χ0) is 20.1. The molecule has 1 aliphatic rings. The number of ether oxygens (including phenoxy) is 1. The van der Waals surface area contributed by atoms with Gasteiger partial charge in [-0.05, 0) is 36.4 Å². The minimum Gasteiger partial charge on any atom is -0.379 e. The van der Waals surface area contributed by atoms with E-state index in [1.54, 1.807) is 17.0 Å². The van der Waals surface area contributed by atoms with Crippen molar-refractivity contribution in [2.45, 2.75) is 4.90 Å². The first-order valence-electron chi connectivity index (χ1n) is 9.53. The molecule has 5 nitrogen and oxygen atoms in total. The number of morpholine rings is 1. The zero-order valence-electron chi connectivity index (χ0n) is 15.9. The molecule has 1 amide bonds. The molecule has 29 heavy (non-hydrogen) atoms. The third-order valence-electron chi connectivity index (χ3n) is 4.73. The monoisotopic (exact) mass is 431 g/mol. The van der Waals surface area contributed by atoms with Gasteiger partial charge in [0.05, 0.1) is 29.2 Å². The summed E-state index contributed by atoms with van der Waals surface area (Å²) in [6.07, 6.45) is 0. The minimum absolute atomic E-state index is 0.00615. The van der Waals surface area contributed by atoms with Crippen LogP contribution in [-0.4, -0.2) is 60.9 Å². The van der Waals surface area contributed by atoms with E-state index in [9.17, 15) is 9.18 Å². The topological polar surface area (TPSA) is 45.7 Å². The van der Waals surface area contributed by atoms with Gasteiger partial charge >= 0.3 is 0 Å². The fraction of sp³-hybridized carbons (Fsp3) is 0.333. The molecule has 0 spiro atoms. The van der Waals surface area contributed by atoms with Gasteiger partial charge in [-0.2, -0.15) is 0 Å². The van der Waals surface area contributed by atoms with E-state index in [0.717, 1.165) is 53.1 Å². The van der Waals surface area contributed by atoms with Crippen molar-refractivity contribution in [2.75, 3.05) is 50.0 Å². The number of fused-ring (bicyclic) bond motifs is 1. The van der Waals surface area contributed by atoms with E-state index in [0.29, 0.717) is 6.54 Å². The van der Waals surface area contributed by atoms with Crippen LogP contribution in [-0.2, 0) is 9.53 Å². The summed E-state index contributed by atoms with van der Waals surface area (Å²) in [7, 11) is 0. The second-order valence-corrected chi connectivity index (χ2v) is 8.76. The fourth-order valence-corrected chi connectivity index (χ4v) is 4.91. The van der Waals surface area contributed by atoms with Crippen LogP contribution in [0.2, 0.25) is 0 Å². The average Bonchev–Trinajstić information content (AvgIpc) is 3.18. The van der Waals surface area contributed by atoms with Crippen molar-refractivity contribution in [2.24, 2.45) is 0 Å². The second-order valence-electron chi connectivity index (χ2n) is 6.71. The summed E-state index contributed by atoms with van der Waals surface area (Å²) in [6, 6.07) is 14.1. The number of hydrogen-bond acceptors (Lipinski definition) is 6. The lowest BCUT2D eigenvalue weighted by Crippen LogP contribution is -2.43. The maximum atomic E-state index is 13.1. The maximum absolute atomic E-state index is 13.1.